The standard InChI is InChI=1S/2C10H19O2S.2C8H17.Sn/c2*1-3-5-6-9(4-2)7-12-10(11)8-13;2*1-3-5-7-8-6-4-2;/h2*9H,3-8H2,1-2H3;2*1,3-8H2,2H3;. The Bertz CT molecular complexity index is 454. The van der Waals surface area contributed by atoms with Crippen LogP contribution >= 0.6 is 25.3 Å². The molecule has 2 unspecified atom stereocenters. The van der Waals surface area contributed by atoms with E-state index in [-0.39, 0.29) is 47.4 Å². The van der Waals surface area contributed by atoms with Gasteiger partial charge >= 0.3 is 11.9 Å². The van der Waals surface area contributed by atoms with Crippen molar-refractivity contribution in [2.45, 2.75) is 170 Å². The number of esters is 2. The molecule has 0 bridgehead atoms. The summed E-state index contributed by atoms with van der Waals surface area (Å²) in [4.78, 5) is 21.6. The number of unbranched alkanes of at least 4 members (excludes halogenated alkanes) is 12. The first-order valence-electron chi connectivity index (χ1n) is 17.4. The Morgan fingerprint density at radius 3 is 1.07 bits per heavy atom. The van der Waals surface area contributed by atoms with Crippen molar-refractivity contribution in [3.05, 3.63) is 13.8 Å². The molecule has 43 heavy (non-hydrogen) atoms. The first kappa shape index (κ1) is 52.9. The Hall–Kier alpha value is 0.439. The smallest absolute Gasteiger partial charge is 0.316 e. The van der Waals surface area contributed by atoms with Crippen LogP contribution in [0.1, 0.15) is 170 Å². The van der Waals surface area contributed by atoms with Crippen molar-refractivity contribution < 1.29 is 19.1 Å². The molecule has 0 heterocycles. The Labute approximate surface area is 298 Å². The molecule has 0 aliphatic carbocycles. The molecule has 8 radical (unpaired) electrons. The van der Waals surface area contributed by atoms with Gasteiger partial charge in [0.25, 0.3) is 0 Å². The average molecular weight is 752 g/mol. The van der Waals surface area contributed by atoms with E-state index in [9.17, 15) is 9.59 Å². The van der Waals surface area contributed by atoms with Crippen LogP contribution in [0.5, 0.6) is 0 Å². The molecule has 0 aromatic rings. The molecule has 0 N–H and O–H groups in total. The molecule has 0 fully saturated rings. The molecule has 4 nitrogen and oxygen atoms in total. The monoisotopic (exact) mass is 752 g/mol. The largest absolute Gasteiger partial charge is 0.465 e. The Morgan fingerprint density at radius 2 is 0.837 bits per heavy atom. The number of carbonyl (C=O) groups is 2. The van der Waals surface area contributed by atoms with Crippen LogP contribution in [0.15, 0.2) is 0 Å². The van der Waals surface area contributed by atoms with Crippen LogP contribution in [0, 0.1) is 25.7 Å². The fourth-order valence-corrected chi connectivity index (χ4v) is 4.03. The third kappa shape index (κ3) is 52.3. The molecule has 0 saturated carbocycles. The Balaban J connectivity index is -0.000000152. The topological polar surface area (TPSA) is 52.6 Å². The van der Waals surface area contributed by atoms with Crippen LogP contribution in [0.2, 0.25) is 0 Å². The molecule has 2 atom stereocenters. The maximum absolute atomic E-state index is 10.8. The molecule has 0 aromatic heterocycles. The minimum absolute atomic E-state index is 0. The molecule has 0 saturated heterocycles. The van der Waals surface area contributed by atoms with Gasteiger partial charge in [-0.3, -0.25) is 9.59 Å². The summed E-state index contributed by atoms with van der Waals surface area (Å²) in [5, 5.41) is 0. The quantitative estimate of drug-likeness (QED) is 0.0560. The predicted octanol–water partition coefficient (Wildman–Crippen LogP) is 11.9. The van der Waals surface area contributed by atoms with Crippen molar-refractivity contribution in [2.75, 3.05) is 24.7 Å². The first-order chi connectivity index (χ1) is 20.3. The van der Waals surface area contributed by atoms with E-state index in [4.69, 9.17) is 9.47 Å². The SMILES string of the molecule is CCCCC(CC)COC(=O)C[S].CCCCC(CC)COC(=O)C[S].[CH2]CCCCCCC.[CH2]CCCCCCC.[Sn]. The summed E-state index contributed by atoms with van der Waals surface area (Å²) in [6, 6.07) is 0. The van der Waals surface area contributed by atoms with Gasteiger partial charge in [0.2, 0.25) is 0 Å². The van der Waals surface area contributed by atoms with Gasteiger partial charge in [-0.1, -0.05) is 196 Å². The summed E-state index contributed by atoms with van der Waals surface area (Å²) >= 11 is 9.15. The van der Waals surface area contributed by atoms with Gasteiger partial charge in [0.15, 0.2) is 0 Å². The van der Waals surface area contributed by atoms with Gasteiger partial charge in [0, 0.05) is 23.9 Å². The number of hydrogen-bond donors (Lipinski definition) is 0. The van der Waals surface area contributed by atoms with Gasteiger partial charge in [-0.15, -0.1) is 0 Å². The first-order valence-corrected chi connectivity index (χ1v) is 18.5. The molecule has 7 heteroatoms. The van der Waals surface area contributed by atoms with Crippen molar-refractivity contribution in [1.29, 1.82) is 0 Å². The minimum Gasteiger partial charge on any atom is -0.465 e. The molecule has 0 rings (SSSR count). The summed E-state index contributed by atoms with van der Waals surface area (Å²) in [7, 11) is 0. The number of ether oxygens (including phenoxy) is 2. The maximum atomic E-state index is 10.8. The van der Waals surface area contributed by atoms with E-state index in [1.807, 2.05) is 0 Å². The van der Waals surface area contributed by atoms with Crippen molar-refractivity contribution >= 4 is 61.1 Å². The van der Waals surface area contributed by atoms with Gasteiger partial charge < -0.3 is 9.47 Å². The number of carbonyl (C=O) groups excluding carboxylic acids is 2. The summed E-state index contributed by atoms with van der Waals surface area (Å²) in [6.45, 7) is 21.7. The fraction of sp³-hybridized carbons (Fsp3) is 0.889. The van der Waals surface area contributed by atoms with E-state index in [1.165, 1.54) is 89.9 Å². The predicted molar refractivity (Wildman–Crippen MR) is 197 cm³/mol. The van der Waals surface area contributed by atoms with E-state index >= 15 is 0 Å². The summed E-state index contributed by atoms with van der Waals surface area (Å²) < 4.78 is 10.00. The summed E-state index contributed by atoms with van der Waals surface area (Å²) in [5.74, 6) is 0.667. The van der Waals surface area contributed by atoms with Crippen LogP contribution in [0.4, 0.5) is 0 Å². The van der Waals surface area contributed by atoms with Crippen molar-refractivity contribution in [1.82, 2.24) is 0 Å². The molecular formula is C36H72O4S2Sn. The van der Waals surface area contributed by atoms with Crippen LogP contribution < -0.4 is 0 Å². The van der Waals surface area contributed by atoms with Gasteiger partial charge in [0.05, 0.1) is 13.2 Å². The van der Waals surface area contributed by atoms with Gasteiger partial charge in [-0.2, -0.15) is 0 Å². The molecule has 256 valence electrons. The fourth-order valence-electron chi connectivity index (χ4n) is 3.86. The van der Waals surface area contributed by atoms with Gasteiger partial charge in [-0.25, -0.2) is 0 Å². The summed E-state index contributed by atoms with van der Waals surface area (Å²) in [5.41, 5.74) is 0. The van der Waals surface area contributed by atoms with Crippen LogP contribution in [0.3, 0.4) is 0 Å². The third-order valence-corrected chi connectivity index (χ3v) is 7.46. The van der Waals surface area contributed by atoms with Gasteiger partial charge in [0.1, 0.15) is 11.5 Å². The molecule has 0 spiro atoms. The van der Waals surface area contributed by atoms with E-state index in [2.05, 4.69) is 80.6 Å². The van der Waals surface area contributed by atoms with E-state index in [0.717, 1.165) is 38.5 Å². The summed E-state index contributed by atoms with van der Waals surface area (Å²) in [6.07, 6.45) is 25.2. The molecule has 0 aromatic carbocycles. The maximum Gasteiger partial charge on any atom is 0.316 e. The molecule has 0 amide bonds. The van der Waals surface area contributed by atoms with Gasteiger partial charge in [-0.05, 0) is 24.7 Å². The normalized spacial score (nSPS) is 11.2. The van der Waals surface area contributed by atoms with Crippen LogP contribution in [0.25, 0.3) is 0 Å². The third-order valence-electron chi connectivity index (χ3n) is 6.99. The average Bonchev–Trinajstić information content (AvgIpc) is 3.02. The molecule has 0 aliphatic heterocycles. The van der Waals surface area contributed by atoms with Crippen molar-refractivity contribution in [2.24, 2.45) is 11.8 Å². The van der Waals surface area contributed by atoms with E-state index in [1.54, 1.807) is 0 Å². The second-order valence-electron chi connectivity index (χ2n) is 11.0. The second kappa shape index (κ2) is 49.3. The van der Waals surface area contributed by atoms with E-state index in [0.29, 0.717) is 25.0 Å². The molecule has 0 aliphatic rings. The van der Waals surface area contributed by atoms with E-state index < -0.39 is 0 Å². The minimum atomic E-state index is -0.259. The Kier molecular flexibility index (Phi) is 60.7. The second-order valence-corrected chi connectivity index (χ2v) is 11.6. The van der Waals surface area contributed by atoms with Crippen molar-refractivity contribution in [3.8, 4) is 0 Å². The zero-order valence-corrected chi connectivity index (χ0v) is 34.0. The van der Waals surface area contributed by atoms with Crippen LogP contribution in [-0.4, -0.2) is 60.6 Å². The van der Waals surface area contributed by atoms with Crippen molar-refractivity contribution in [3.63, 3.8) is 0 Å². The zero-order valence-electron chi connectivity index (χ0n) is 29.5. The number of rotatable bonds is 24. The Morgan fingerprint density at radius 1 is 0.535 bits per heavy atom. The van der Waals surface area contributed by atoms with Crippen LogP contribution in [-0.2, 0) is 19.1 Å². The number of hydrogen-bond acceptors (Lipinski definition) is 4. The zero-order chi connectivity index (χ0) is 32.7. The molecular weight excluding hydrogens is 679 g/mol.